The fraction of sp³-hybridized carbons (Fsp3) is 0.611. The third-order valence-corrected chi connectivity index (χ3v) is 5.28. The first-order chi connectivity index (χ1) is 11.8. The summed E-state index contributed by atoms with van der Waals surface area (Å²) in [6, 6.07) is 9.05. The van der Waals surface area contributed by atoms with Crippen molar-refractivity contribution in [2.24, 2.45) is 0 Å². The van der Waals surface area contributed by atoms with Crippen molar-refractivity contribution in [1.82, 2.24) is 20.2 Å². The van der Waals surface area contributed by atoms with Gasteiger partial charge in [0, 0.05) is 25.0 Å². The van der Waals surface area contributed by atoms with Crippen molar-refractivity contribution < 1.29 is 9.64 Å². The number of rotatable bonds is 5. The van der Waals surface area contributed by atoms with Gasteiger partial charge >= 0.3 is 0 Å². The minimum absolute atomic E-state index is 0.213. The predicted octanol–water partition coefficient (Wildman–Crippen LogP) is 0.929. The molecule has 24 heavy (non-hydrogen) atoms. The molecule has 0 spiro atoms. The molecule has 6 nitrogen and oxygen atoms in total. The van der Waals surface area contributed by atoms with Crippen LogP contribution >= 0.6 is 0 Å². The number of nitrogens with zero attached hydrogens (tertiary/aromatic N) is 4. The number of hydrogen-bond donors (Lipinski definition) is 1. The van der Waals surface area contributed by atoms with Crippen LogP contribution in [0.4, 0.5) is 0 Å². The number of hydrogen-bond acceptors (Lipinski definition) is 4. The summed E-state index contributed by atoms with van der Waals surface area (Å²) in [7, 11) is 0. The average molecular weight is 328 g/mol. The van der Waals surface area contributed by atoms with Crippen molar-refractivity contribution in [2.45, 2.75) is 51.3 Å². The number of benzene rings is 1. The number of aromatic nitrogens is 4. The lowest BCUT2D eigenvalue weighted by Crippen LogP contribution is -3.10. The highest BCUT2D eigenvalue weighted by molar-refractivity contribution is 5.26. The third-order valence-electron chi connectivity index (χ3n) is 5.28. The highest BCUT2D eigenvalue weighted by Gasteiger charge is 2.34. The first kappa shape index (κ1) is 15.7. The van der Waals surface area contributed by atoms with Crippen molar-refractivity contribution in [2.75, 3.05) is 19.7 Å². The molecule has 128 valence electrons. The maximum atomic E-state index is 5.78. The number of ether oxygens (including phenoxy) is 1. The Bertz CT molecular complexity index is 656. The average Bonchev–Trinajstić information content (AvgIpc) is 3.34. The van der Waals surface area contributed by atoms with Crippen LogP contribution in [0.15, 0.2) is 24.3 Å². The van der Waals surface area contributed by atoms with E-state index in [-0.39, 0.29) is 12.1 Å². The molecule has 0 radical (unpaired) electrons. The van der Waals surface area contributed by atoms with Crippen molar-refractivity contribution in [3.63, 3.8) is 0 Å². The molecule has 0 aliphatic carbocycles. The van der Waals surface area contributed by atoms with Crippen LogP contribution in [0.1, 0.15) is 48.7 Å². The van der Waals surface area contributed by atoms with Gasteiger partial charge in [0.15, 0.2) is 6.04 Å². The summed E-state index contributed by atoms with van der Waals surface area (Å²) in [4.78, 5) is 1.57. The standard InChI is InChI=1S/C18H25N5O/c1-14-6-8-15(9-7-14)17(22-10-2-3-11-22)18-19-20-21-23(18)13-16-5-4-12-24-16/h6-9,16-17H,2-5,10-13H2,1H3/p+1/t16-,17+/m1/s1. The summed E-state index contributed by atoms with van der Waals surface area (Å²) >= 11 is 0. The summed E-state index contributed by atoms with van der Waals surface area (Å²) in [6.07, 6.45) is 5.06. The van der Waals surface area contributed by atoms with E-state index in [0.29, 0.717) is 0 Å². The lowest BCUT2D eigenvalue weighted by molar-refractivity contribution is -0.914. The molecule has 1 N–H and O–H groups in total. The van der Waals surface area contributed by atoms with Gasteiger partial charge in [-0.1, -0.05) is 29.8 Å². The minimum atomic E-state index is 0.213. The van der Waals surface area contributed by atoms with E-state index < -0.39 is 0 Å². The smallest absolute Gasteiger partial charge is 0.214 e. The molecule has 1 aromatic heterocycles. The summed E-state index contributed by atoms with van der Waals surface area (Å²) in [6.45, 7) is 6.12. The van der Waals surface area contributed by atoms with E-state index in [1.165, 1.54) is 37.1 Å². The van der Waals surface area contributed by atoms with Crippen LogP contribution in [0.5, 0.6) is 0 Å². The molecule has 0 saturated carbocycles. The Hall–Kier alpha value is -1.79. The van der Waals surface area contributed by atoms with Crippen LogP contribution < -0.4 is 4.90 Å². The Kier molecular flexibility index (Phi) is 4.58. The van der Waals surface area contributed by atoms with Gasteiger partial charge in [0.05, 0.1) is 25.7 Å². The van der Waals surface area contributed by atoms with E-state index in [1.807, 2.05) is 4.68 Å². The molecule has 0 unspecified atom stereocenters. The zero-order valence-electron chi connectivity index (χ0n) is 14.3. The summed E-state index contributed by atoms with van der Waals surface area (Å²) in [5.41, 5.74) is 2.59. The monoisotopic (exact) mass is 328 g/mol. The lowest BCUT2D eigenvalue weighted by atomic mass is 10.0. The van der Waals surface area contributed by atoms with Crippen LogP contribution in [0.2, 0.25) is 0 Å². The zero-order chi connectivity index (χ0) is 16.4. The number of tetrazole rings is 1. The molecule has 2 aliphatic rings. The van der Waals surface area contributed by atoms with Gasteiger partial charge in [-0.15, -0.1) is 5.10 Å². The van der Waals surface area contributed by atoms with Crippen molar-refractivity contribution in [3.05, 3.63) is 41.2 Å². The van der Waals surface area contributed by atoms with E-state index in [4.69, 9.17) is 4.74 Å². The van der Waals surface area contributed by atoms with Crippen molar-refractivity contribution in [3.8, 4) is 0 Å². The first-order valence-corrected chi connectivity index (χ1v) is 9.10. The van der Waals surface area contributed by atoms with Gasteiger partial charge in [0.2, 0.25) is 5.82 Å². The molecule has 6 heteroatoms. The van der Waals surface area contributed by atoms with Crippen LogP contribution in [0.25, 0.3) is 0 Å². The number of quaternary nitrogens is 1. The number of nitrogens with one attached hydrogen (secondary N) is 1. The van der Waals surface area contributed by atoms with Gasteiger partial charge in [-0.3, -0.25) is 0 Å². The first-order valence-electron chi connectivity index (χ1n) is 9.10. The minimum Gasteiger partial charge on any atom is -0.376 e. The predicted molar refractivity (Wildman–Crippen MR) is 89.7 cm³/mol. The highest BCUT2D eigenvalue weighted by Crippen LogP contribution is 2.21. The molecule has 0 amide bonds. The Balaban J connectivity index is 1.65. The summed E-state index contributed by atoms with van der Waals surface area (Å²) in [5, 5.41) is 12.7. The second-order valence-corrected chi connectivity index (χ2v) is 7.06. The molecule has 4 rings (SSSR count). The SMILES string of the molecule is Cc1ccc([C@@H](c2nnnn2C[C@H]2CCCO2)[NH+]2CCCC2)cc1. The molecule has 2 aromatic rings. The third kappa shape index (κ3) is 3.21. The maximum Gasteiger partial charge on any atom is 0.214 e. The van der Waals surface area contributed by atoms with Crippen LogP contribution in [-0.2, 0) is 11.3 Å². The molecule has 3 heterocycles. The molecular weight excluding hydrogens is 302 g/mol. The normalized spacial score (nSPS) is 23.0. The molecule has 0 bridgehead atoms. The summed E-state index contributed by atoms with van der Waals surface area (Å²) < 4.78 is 7.76. The maximum absolute atomic E-state index is 5.78. The van der Waals surface area contributed by atoms with E-state index in [0.717, 1.165) is 31.8 Å². The second kappa shape index (κ2) is 6.99. The van der Waals surface area contributed by atoms with Gasteiger partial charge in [0.1, 0.15) is 0 Å². The topological polar surface area (TPSA) is 57.3 Å². The zero-order valence-corrected chi connectivity index (χ0v) is 14.3. The Morgan fingerprint density at radius 2 is 2.00 bits per heavy atom. The molecule has 1 aromatic carbocycles. The fourth-order valence-corrected chi connectivity index (χ4v) is 3.97. The van der Waals surface area contributed by atoms with E-state index >= 15 is 0 Å². The van der Waals surface area contributed by atoms with Crippen molar-refractivity contribution in [1.29, 1.82) is 0 Å². The van der Waals surface area contributed by atoms with Gasteiger partial charge in [-0.25, -0.2) is 4.68 Å². The number of aryl methyl sites for hydroxylation is 1. The van der Waals surface area contributed by atoms with Crippen LogP contribution in [0, 0.1) is 6.92 Å². The largest absolute Gasteiger partial charge is 0.376 e. The molecule has 2 atom stereocenters. The highest BCUT2D eigenvalue weighted by atomic mass is 16.5. The Morgan fingerprint density at radius 1 is 1.21 bits per heavy atom. The lowest BCUT2D eigenvalue weighted by Gasteiger charge is -2.24. The Labute approximate surface area is 142 Å². The fourth-order valence-electron chi connectivity index (χ4n) is 3.97. The Morgan fingerprint density at radius 3 is 2.71 bits per heavy atom. The summed E-state index contributed by atoms with van der Waals surface area (Å²) in [5.74, 6) is 0.978. The van der Waals surface area contributed by atoms with Crippen LogP contribution in [-0.4, -0.2) is 46.0 Å². The molecular formula is C18H26N5O+. The van der Waals surface area contributed by atoms with Gasteiger partial charge in [-0.2, -0.15) is 0 Å². The van der Waals surface area contributed by atoms with E-state index in [1.54, 1.807) is 4.90 Å². The number of likely N-dealkylation sites (tertiary alicyclic amines) is 1. The molecule has 2 fully saturated rings. The molecule has 2 aliphatic heterocycles. The van der Waals surface area contributed by atoms with Crippen LogP contribution in [0.3, 0.4) is 0 Å². The van der Waals surface area contributed by atoms with E-state index in [2.05, 4.69) is 46.7 Å². The second-order valence-electron chi connectivity index (χ2n) is 7.06. The van der Waals surface area contributed by atoms with Gasteiger partial charge < -0.3 is 9.64 Å². The quantitative estimate of drug-likeness (QED) is 0.887. The van der Waals surface area contributed by atoms with Gasteiger partial charge in [0.25, 0.3) is 0 Å². The van der Waals surface area contributed by atoms with E-state index in [9.17, 15) is 0 Å². The molecule has 2 saturated heterocycles. The van der Waals surface area contributed by atoms with Gasteiger partial charge in [-0.05, 0) is 30.2 Å². The van der Waals surface area contributed by atoms with Crippen molar-refractivity contribution >= 4 is 0 Å².